The number of carbonyl (C=O) groups excluding carboxylic acids is 1. The average Bonchev–Trinajstić information content (AvgIpc) is 2.63. The highest BCUT2D eigenvalue weighted by Gasteiger charge is 2.33. The van der Waals surface area contributed by atoms with Gasteiger partial charge in [-0.3, -0.25) is 9.69 Å². The molecule has 3 unspecified atom stereocenters. The fraction of sp³-hybridized carbons (Fsp3) is 0.917. The van der Waals surface area contributed by atoms with Gasteiger partial charge in [0.2, 0.25) is 5.91 Å². The van der Waals surface area contributed by atoms with Crippen LogP contribution in [0.1, 0.15) is 32.6 Å². The maximum Gasteiger partial charge on any atom is 0.237 e. The molecule has 92 valence electrons. The van der Waals surface area contributed by atoms with E-state index in [1.165, 1.54) is 0 Å². The highest BCUT2D eigenvalue weighted by molar-refractivity contribution is 5.81. The molecule has 0 saturated carbocycles. The smallest absolute Gasteiger partial charge is 0.237 e. The van der Waals surface area contributed by atoms with E-state index in [2.05, 4.69) is 17.1 Å². The van der Waals surface area contributed by atoms with Gasteiger partial charge in [-0.05, 0) is 45.1 Å². The minimum absolute atomic E-state index is 0.103. The third-order valence-electron chi connectivity index (χ3n) is 3.95. The molecule has 16 heavy (non-hydrogen) atoms. The van der Waals surface area contributed by atoms with Crippen LogP contribution < -0.4 is 11.1 Å². The first kappa shape index (κ1) is 11.9. The van der Waals surface area contributed by atoms with Gasteiger partial charge in [-0.15, -0.1) is 0 Å². The molecule has 0 radical (unpaired) electrons. The number of likely N-dealkylation sites (tertiary alicyclic amines) is 1. The number of hydrogen-bond acceptors (Lipinski definition) is 3. The molecule has 2 rings (SSSR count). The number of amides is 1. The summed E-state index contributed by atoms with van der Waals surface area (Å²) in [5.41, 5.74) is 5.93. The van der Waals surface area contributed by atoms with Crippen LogP contribution in [-0.4, -0.2) is 42.5 Å². The van der Waals surface area contributed by atoms with Crippen LogP contribution in [0.3, 0.4) is 0 Å². The summed E-state index contributed by atoms with van der Waals surface area (Å²) >= 11 is 0. The molecule has 0 aromatic rings. The van der Waals surface area contributed by atoms with Gasteiger partial charge in [-0.1, -0.05) is 0 Å². The van der Waals surface area contributed by atoms with Gasteiger partial charge in [-0.2, -0.15) is 0 Å². The third kappa shape index (κ3) is 2.55. The van der Waals surface area contributed by atoms with Crippen molar-refractivity contribution in [1.29, 1.82) is 0 Å². The van der Waals surface area contributed by atoms with Crippen LogP contribution in [0.2, 0.25) is 0 Å². The van der Waals surface area contributed by atoms with Crippen molar-refractivity contribution < 1.29 is 4.79 Å². The first-order valence-corrected chi connectivity index (χ1v) is 6.46. The topological polar surface area (TPSA) is 58.4 Å². The minimum atomic E-state index is 0.103. The van der Waals surface area contributed by atoms with E-state index in [1.54, 1.807) is 0 Å². The van der Waals surface area contributed by atoms with Gasteiger partial charge in [0.05, 0.1) is 6.04 Å². The van der Waals surface area contributed by atoms with Crippen molar-refractivity contribution in [3.8, 4) is 0 Å². The second-order valence-corrected chi connectivity index (χ2v) is 5.21. The Hall–Kier alpha value is -0.610. The van der Waals surface area contributed by atoms with Crippen LogP contribution >= 0.6 is 0 Å². The monoisotopic (exact) mass is 225 g/mol. The Bertz CT molecular complexity index is 255. The lowest BCUT2D eigenvalue weighted by molar-refractivity contribution is -0.125. The molecule has 0 aromatic carbocycles. The van der Waals surface area contributed by atoms with Crippen molar-refractivity contribution in [3.63, 3.8) is 0 Å². The van der Waals surface area contributed by atoms with Gasteiger partial charge in [0.15, 0.2) is 0 Å². The summed E-state index contributed by atoms with van der Waals surface area (Å²) in [6.45, 7) is 4.95. The second kappa shape index (κ2) is 5.15. The molecule has 4 nitrogen and oxygen atoms in total. The molecular weight excluding hydrogens is 202 g/mol. The Labute approximate surface area is 97.6 Å². The van der Waals surface area contributed by atoms with E-state index in [-0.39, 0.29) is 18.0 Å². The third-order valence-corrected chi connectivity index (χ3v) is 3.95. The van der Waals surface area contributed by atoms with Gasteiger partial charge in [0.25, 0.3) is 0 Å². The largest absolute Gasteiger partial charge is 0.355 e. The zero-order valence-electron chi connectivity index (χ0n) is 10.1. The molecule has 3 N–H and O–H groups in total. The molecule has 1 amide bonds. The summed E-state index contributed by atoms with van der Waals surface area (Å²) < 4.78 is 0. The Balaban J connectivity index is 1.94. The Morgan fingerprint density at radius 1 is 1.44 bits per heavy atom. The lowest BCUT2D eigenvalue weighted by Crippen LogP contribution is -2.45. The van der Waals surface area contributed by atoms with E-state index in [9.17, 15) is 4.79 Å². The summed E-state index contributed by atoms with van der Waals surface area (Å²) in [5.74, 6) is 0.791. The van der Waals surface area contributed by atoms with Crippen molar-refractivity contribution in [2.45, 2.75) is 44.7 Å². The van der Waals surface area contributed by atoms with E-state index < -0.39 is 0 Å². The van der Waals surface area contributed by atoms with Gasteiger partial charge >= 0.3 is 0 Å². The van der Waals surface area contributed by atoms with Crippen molar-refractivity contribution in [3.05, 3.63) is 0 Å². The van der Waals surface area contributed by atoms with Crippen molar-refractivity contribution in [1.82, 2.24) is 10.2 Å². The normalized spacial score (nSPS) is 34.5. The lowest BCUT2D eigenvalue weighted by Gasteiger charge is -2.25. The first-order valence-electron chi connectivity index (χ1n) is 6.46. The first-order chi connectivity index (χ1) is 7.68. The number of nitrogens with one attached hydrogen (secondary N) is 1. The Morgan fingerprint density at radius 2 is 2.25 bits per heavy atom. The maximum atomic E-state index is 11.9. The van der Waals surface area contributed by atoms with Crippen LogP contribution in [0.4, 0.5) is 0 Å². The predicted molar refractivity (Wildman–Crippen MR) is 64.0 cm³/mol. The fourth-order valence-electron chi connectivity index (χ4n) is 2.80. The lowest BCUT2D eigenvalue weighted by atomic mass is 10.0. The van der Waals surface area contributed by atoms with Gasteiger partial charge in [0.1, 0.15) is 0 Å². The minimum Gasteiger partial charge on any atom is -0.355 e. The molecule has 0 aromatic heterocycles. The molecule has 3 atom stereocenters. The van der Waals surface area contributed by atoms with Crippen LogP contribution in [0.5, 0.6) is 0 Å². The number of nitrogens with zero attached hydrogens (tertiary/aromatic N) is 1. The predicted octanol–water partition coefficient (Wildman–Crippen LogP) is 0.324. The van der Waals surface area contributed by atoms with Gasteiger partial charge in [0, 0.05) is 19.1 Å². The molecule has 2 heterocycles. The molecule has 0 aliphatic carbocycles. The van der Waals surface area contributed by atoms with Crippen LogP contribution in [0, 0.1) is 5.92 Å². The number of nitrogens with two attached hydrogens (primary N) is 1. The number of carbonyl (C=O) groups is 1. The Morgan fingerprint density at radius 3 is 2.94 bits per heavy atom. The van der Waals surface area contributed by atoms with E-state index in [4.69, 9.17) is 5.73 Å². The van der Waals surface area contributed by atoms with Crippen LogP contribution in [0.15, 0.2) is 0 Å². The molecule has 0 spiro atoms. The van der Waals surface area contributed by atoms with Crippen molar-refractivity contribution in [2.24, 2.45) is 11.7 Å². The summed E-state index contributed by atoms with van der Waals surface area (Å²) in [4.78, 5) is 14.2. The molecule has 2 fully saturated rings. The molecule has 2 aliphatic heterocycles. The molecule has 2 aliphatic rings. The van der Waals surface area contributed by atoms with Gasteiger partial charge < -0.3 is 11.1 Å². The summed E-state index contributed by atoms with van der Waals surface area (Å²) in [6.07, 6.45) is 4.43. The van der Waals surface area contributed by atoms with E-state index in [0.29, 0.717) is 5.92 Å². The van der Waals surface area contributed by atoms with E-state index in [1.807, 2.05) is 0 Å². The second-order valence-electron chi connectivity index (χ2n) is 5.21. The molecule has 4 heteroatoms. The highest BCUT2D eigenvalue weighted by Crippen LogP contribution is 2.23. The van der Waals surface area contributed by atoms with E-state index >= 15 is 0 Å². The summed E-state index contributed by atoms with van der Waals surface area (Å²) in [7, 11) is 0. The van der Waals surface area contributed by atoms with Crippen molar-refractivity contribution >= 4 is 5.91 Å². The van der Waals surface area contributed by atoms with E-state index in [0.717, 1.165) is 45.3 Å². The highest BCUT2D eigenvalue weighted by atomic mass is 16.2. The van der Waals surface area contributed by atoms with Gasteiger partial charge in [-0.25, -0.2) is 0 Å². The molecular formula is C12H23N3O. The molecule has 2 saturated heterocycles. The quantitative estimate of drug-likeness (QED) is 0.712. The number of rotatable bonds is 2. The SMILES string of the molecule is CC(N)C1CCN(C2CCCCNC2=O)C1. The Kier molecular flexibility index (Phi) is 3.82. The number of hydrogen-bond donors (Lipinski definition) is 2. The fourth-order valence-corrected chi connectivity index (χ4v) is 2.80. The summed E-state index contributed by atoms with van der Waals surface area (Å²) in [5, 5.41) is 3.00. The van der Waals surface area contributed by atoms with Crippen LogP contribution in [0.25, 0.3) is 0 Å². The maximum absolute atomic E-state index is 11.9. The zero-order valence-corrected chi connectivity index (χ0v) is 10.1. The average molecular weight is 225 g/mol. The zero-order chi connectivity index (χ0) is 11.5. The molecule has 0 bridgehead atoms. The summed E-state index contributed by atoms with van der Waals surface area (Å²) in [6, 6.07) is 0.352. The van der Waals surface area contributed by atoms with Crippen LogP contribution in [-0.2, 0) is 4.79 Å². The van der Waals surface area contributed by atoms with Crippen molar-refractivity contribution in [2.75, 3.05) is 19.6 Å². The standard InChI is InChI=1S/C12H23N3O/c1-9(13)10-5-7-15(8-10)11-4-2-3-6-14-12(11)16/h9-11H,2-8,13H2,1H3,(H,14,16).